The van der Waals surface area contributed by atoms with Crippen LogP contribution in [0.25, 0.3) is 0 Å². The number of rotatable bonds is 11. The maximum absolute atomic E-state index is 13.4. The first-order valence-electron chi connectivity index (χ1n) is 11.2. The fourth-order valence-electron chi connectivity index (χ4n) is 3.65. The number of nitrogens with zero attached hydrogens (tertiary/aromatic N) is 1. The molecule has 1 atom stereocenters. The van der Waals surface area contributed by atoms with E-state index in [1.54, 1.807) is 30.1 Å². The molecule has 178 valence electrons. The van der Waals surface area contributed by atoms with Crippen molar-refractivity contribution in [3.05, 3.63) is 100 Å². The second kappa shape index (κ2) is 13.0. The van der Waals surface area contributed by atoms with E-state index in [9.17, 15) is 9.59 Å². The Kier molecular flexibility index (Phi) is 9.80. The van der Waals surface area contributed by atoms with E-state index in [1.165, 1.54) is 0 Å². The van der Waals surface area contributed by atoms with Gasteiger partial charge < -0.3 is 15.0 Å². The Morgan fingerprint density at radius 1 is 0.912 bits per heavy atom. The van der Waals surface area contributed by atoms with Crippen molar-refractivity contribution in [3.8, 4) is 5.75 Å². The topological polar surface area (TPSA) is 58.6 Å². The minimum Gasteiger partial charge on any atom is -0.494 e. The smallest absolute Gasteiger partial charge is 0.242 e. The second-order valence-corrected chi connectivity index (χ2v) is 8.62. The van der Waals surface area contributed by atoms with Crippen molar-refractivity contribution in [3.63, 3.8) is 0 Å². The van der Waals surface area contributed by atoms with Gasteiger partial charge in [-0.25, -0.2) is 0 Å². The molecule has 2 amide bonds. The molecule has 3 aromatic rings. The van der Waals surface area contributed by atoms with Crippen LogP contribution < -0.4 is 10.1 Å². The minimum atomic E-state index is -0.720. The molecule has 0 aliphatic rings. The van der Waals surface area contributed by atoms with Gasteiger partial charge in [0.25, 0.3) is 0 Å². The first-order chi connectivity index (χ1) is 16.5. The molecule has 0 radical (unpaired) electrons. The fraction of sp³-hybridized carbons (Fsp3) is 0.259. The SMILES string of the molecule is CNC(=O)[C@H](Cc1ccccc1)N(Cc1c(Cl)cccc1Cl)C(=O)CCCOc1ccccc1. The third kappa shape index (κ3) is 7.24. The Labute approximate surface area is 210 Å². The number of halogens is 2. The average Bonchev–Trinajstić information content (AvgIpc) is 2.86. The molecule has 3 aromatic carbocycles. The van der Waals surface area contributed by atoms with Gasteiger partial charge in [-0.05, 0) is 36.2 Å². The largest absolute Gasteiger partial charge is 0.494 e. The summed E-state index contributed by atoms with van der Waals surface area (Å²) in [5.74, 6) is 0.333. The van der Waals surface area contributed by atoms with Gasteiger partial charge in [-0.2, -0.15) is 0 Å². The van der Waals surface area contributed by atoms with Crippen LogP contribution >= 0.6 is 23.2 Å². The van der Waals surface area contributed by atoms with Crippen LogP contribution in [0.2, 0.25) is 10.0 Å². The number of hydrogen-bond donors (Lipinski definition) is 1. The highest BCUT2D eigenvalue weighted by atomic mass is 35.5. The van der Waals surface area contributed by atoms with Crippen LogP contribution in [0, 0.1) is 0 Å². The van der Waals surface area contributed by atoms with Crippen LogP contribution in [0.1, 0.15) is 24.0 Å². The Morgan fingerprint density at radius 3 is 2.15 bits per heavy atom. The highest BCUT2D eigenvalue weighted by Crippen LogP contribution is 2.27. The van der Waals surface area contributed by atoms with Gasteiger partial charge in [0.05, 0.1) is 6.61 Å². The summed E-state index contributed by atoms with van der Waals surface area (Å²) in [7, 11) is 1.57. The van der Waals surface area contributed by atoms with Gasteiger partial charge in [-0.15, -0.1) is 0 Å². The van der Waals surface area contributed by atoms with Gasteiger partial charge in [0.2, 0.25) is 11.8 Å². The monoisotopic (exact) mass is 498 g/mol. The summed E-state index contributed by atoms with van der Waals surface area (Å²) in [6.07, 6.45) is 1.10. The minimum absolute atomic E-state index is 0.127. The number of carbonyl (C=O) groups excluding carboxylic acids is 2. The number of amides is 2. The zero-order chi connectivity index (χ0) is 24.3. The van der Waals surface area contributed by atoms with Crippen LogP contribution in [0.3, 0.4) is 0 Å². The normalized spacial score (nSPS) is 11.5. The number of ether oxygens (including phenoxy) is 1. The third-order valence-electron chi connectivity index (χ3n) is 5.45. The molecule has 0 aromatic heterocycles. The third-order valence-corrected chi connectivity index (χ3v) is 6.16. The molecule has 5 nitrogen and oxygen atoms in total. The number of nitrogens with one attached hydrogen (secondary N) is 1. The second-order valence-electron chi connectivity index (χ2n) is 7.81. The van der Waals surface area contributed by atoms with Gasteiger partial charge >= 0.3 is 0 Å². The zero-order valence-corrected chi connectivity index (χ0v) is 20.6. The average molecular weight is 499 g/mol. The lowest BCUT2D eigenvalue weighted by Crippen LogP contribution is -2.49. The van der Waals surface area contributed by atoms with Crippen molar-refractivity contribution >= 4 is 35.0 Å². The Hall–Kier alpha value is -3.02. The highest BCUT2D eigenvalue weighted by molar-refractivity contribution is 6.36. The van der Waals surface area contributed by atoms with Crippen molar-refractivity contribution in [2.45, 2.75) is 31.8 Å². The quantitative estimate of drug-likeness (QED) is 0.353. The summed E-state index contributed by atoms with van der Waals surface area (Å²) in [5, 5.41) is 3.60. The lowest BCUT2D eigenvalue weighted by Gasteiger charge is -2.31. The molecule has 7 heteroatoms. The van der Waals surface area contributed by atoms with Gasteiger partial charge in [0, 0.05) is 42.0 Å². The maximum Gasteiger partial charge on any atom is 0.242 e. The van der Waals surface area contributed by atoms with Gasteiger partial charge in [0.15, 0.2) is 0 Å². The number of carbonyl (C=O) groups is 2. The molecule has 0 unspecified atom stereocenters. The molecular formula is C27H28Cl2N2O3. The number of benzene rings is 3. The predicted octanol–water partition coefficient (Wildman–Crippen LogP) is 5.54. The van der Waals surface area contributed by atoms with E-state index in [2.05, 4.69) is 5.32 Å². The molecule has 0 spiro atoms. The number of likely N-dealkylation sites (N-methyl/N-ethyl adjacent to an activating group) is 1. The van der Waals surface area contributed by atoms with E-state index < -0.39 is 6.04 Å². The van der Waals surface area contributed by atoms with Crippen molar-refractivity contribution in [2.24, 2.45) is 0 Å². The predicted molar refractivity (Wildman–Crippen MR) is 136 cm³/mol. The van der Waals surface area contributed by atoms with Crippen molar-refractivity contribution in [2.75, 3.05) is 13.7 Å². The molecule has 0 saturated heterocycles. The summed E-state index contributed by atoms with van der Waals surface area (Å²) < 4.78 is 5.73. The lowest BCUT2D eigenvalue weighted by atomic mass is 10.0. The summed E-state index contributed by atoms with van der Waals surface area (Å²) in [4.78, 5) is 28.0. The van der Waals surface area contributed by atoms with E-state index in [-0.39, 0.29) is 24.8 Å². The first kappa shape index (κ1) is 25.6. The van der Waals surface area contributed by atoms with E-state index in [0.29, 0.717) is 35.1 Å². The molecule has 0 saturated carbocycles. The summed E-state index contributed by atoms with van der Waals surface area (Å²) >= 11 is 12.8. The summed E-state index contributed by atoms with van der Waals surface area (Å²) in [6, 6.07) is 23.5. The van der Waals surface area contributed by atoms with Crippen molar-refractivity contribution in [1.82, 2.24) is 10.2 Å². The van der Waals surface area contributed by atoms with E-state index in [4.69, 9.17) is 27.9 Å². The van der Waals surface area contributed by atoms with Crippen LogP contribution in [0.4, 0.5) is 0 Å². The van der Waals surface area contributed by atoms with E-state index in [0.717, 1.165) is 11.3 Å². The van der Waals surface area contributed by atoms with Crippen LogP contribution in [-0.2, 0) is 22.6 Å². The Balaban J connectivity index is 1.80. The maximum atomic E-state index is 13.4. The van der Waals surface area contributed by atoms with E-state index >= 15 is 0 Å². The van der Waals surface area contributed by atoms with Gasteiger partial charge in [0.1, 0.15) is 11.8 Å². The van der Waals surface area contributed by atoms with Gasteiger partial charge in [-0.3, -0.25) is 9.59 Å². The lowest BCUT2D eigenvalue weighted by molar-refractivity contribution is -0.141. The van der Waals surface area contributed by atoms with Crippen LogP contribution in [0.15, 0.2) is 78.9 Å². The molecule has 0 bridgehead atoms. The van der Waals surface area contributed by atoms with Crippen LogP contribution in [-0.4, -0.2) is 36.4 Å². The standard InChI is InChI=1S/C27H28Cl2N2O3/c1-30-27(33)25(18-20-10-4-2-5-11-20)31(19-22-23(28)14-8-15-24(22)29)26(32)16-9-17-34-21-12-6-3-7-13-21/h2-8,10-15,25H,9,16-19H2,1H3,(H,30,33)/t25-/m0/s1. The molecule has 0 aliphatic heterocycles. The van der Waals surface area contributed by atoms with Crippen LogP contribution in [0.5, 0.6) is 5.75 Å². The highest BCUT2D eigenvalue weighted by Gasteiger charge is 2.30. The summed E-state index contributed by atoms with van der Waals surface area (Å²) in [6.45, 7) is 0.515. The molecular weight excluding hydrogens is 471 g/mol. The molecule has 3 rings (SSSR count). The summed E-state index contributed by atoms with van der Waals surface area (Å²) in [5.41, 5.74) is 1.56. The molecule has 1 N–H and O–H groups in total. The molecule has 0 fully saturated rings. The van der Waals surface area contributed by atoms with Crippen molar-refractivity contribution in [1.29, 1.82) is 0 Å². The molecule has 0 aliphatic carbocycles. The van der Waals surface area contributed by atoms with Crippen molar-refractivity contribution < 1.29 is 14.3 Å². The zero-order valence-electron chi connectivity index (χ0n) is 19.0. The Morgan fingerprint density at radius 2 is 1.53 bits per heavy atom. The van der Waals surface area contributed by atoms with Gasteiger partial charge in [-0.1, -0.05) is 77.8 Å². The number of hydrogen-bond acceptors (Lipinski definition) is 3. The molecule has 34 heavy (non-hydrogen) atoms. The van der Waals surface area contributed by atoms with E-state index in [1.807, 2.05) is 60.7 Å². The first-order valence-corrected chi connectivity index (χ1v) is 11.9. The molecule has 0 heterocycles. The fourth-order valence-corrected chi connectivity index (χ4v) is 4.17. The number of para-hydroxylation sites is 1. The Bertz CT molecular complexity index is 1060.